The Kier molecular flexibility index (Phi) is 2.19. The number of aryl methyl sites for hydroxylation is 1. The van der Waals surface area contributed by atoms with Crippen molar-refractivity contribution in [2.24, 2.45) is 0 Å². The average molecular weight is 184 g/mol. The summed E-state index contributed by atoms with van der Waals surface area (Å²) < 4.78 is 0. The van der Waals surface area contributed by atoms with Gasteiger partial charge in [0.05, 0.1) is 0 Å². The van der Waals surface area contributed by atoms with Gasteiger partial charge in [-0.3, -0.25) is 4.98 Å². The van der Waals surface area contributed by atoms with Gasteiger partial charge in [0.15, 0.2) is 0 Å². The van der Waals surface area contributed by atoms with E-state index in [4.69, 9.17) is 5.73 Å². The Labute approximate surface area is 83.4 Å². The molecule has 0 aliphatic heterocycles. The van der Waals surface area contributed by atoms with Gasteiger partial charge < -0.3 is 5.73 Å². The first-order valence-corrected chi connectivity index (χ1v) is 4.54. The number of nitrogens with zero attached hydrogens (tertiary/aromatic N) is 1. The third-order valence-corrected chi connectivity index (χ3v) is 2.22. The summed E-state index contributed by atoms with van der Waals surface area (Å²) in [4.78, 5) is 4.09. The topological polar surface area (TPSA) is 38.9 Å². The van der Waals surface area contributed by atoms with Crippen LogP contribution in [0.1, 0.15) is 5.56 Å². The second-order valence-corrected chi connectivity index (χ2v) is 3.32. The summed E-state index contributed by atoms with van der Waals surface area (Å²) in [5.74, 6) is 0. The van der Waals surface area contributed by atoms with Crippen LogP contribution in [0.5, 0.6) is 0 Å². The Morgan fingerprint density at radius 3 is 2.71 bits per heavy atom. The van der Waals surface area contributed by atoms with Crippen molar-refractivity contribution in [3.8, 4) is 11.1 Å². The quantitative estimate of drug-likeness (QED) is 0.692. The Balaban J connectivity index is 2.53. The van der Waals surface area contributed by atoms with Crippen LogP contribution in [0.3, 0.4) is 0 Å². The van der Waals surface area contributed by atoms with Crippen LogP contribution in [-0.4, -0.2) is 4.98 Å². The van der Waals surface area contributed by atoms with Gasteiger partial charge in [-0.05, 0) is 36.2 Å². The van der Waals surface area contributed by atoms with Gasteiger partial charge in [0, 0.05) is 23.6 Å². The number of pyridine rings is 1. The van der Waals surface area contributed by atoms with E-state index in [-0.39, 0.29) is 0 Å². The third-order valence-electron chi connectivity index (χ3n) is 2.22. The zero-order valence-corrected chi connectivity index (χ0v) is 8.07. The van der Waals surface area contributed by atoms with Gasteiger partial charge >= 0.3 is 0 Å². The van der Waals surface area contributed by atoms with Gasteiger partial charge in [0.2, 0.25) is 0 Å². The highest BCUT2D eigenvalue weighted by Crippen LogP contribution is 2.23. The van der Waals surface area contributed by atoms with Gasteiger partial charge in [-0.2, -0.15) is 0 Å². The molecule has 0 fully saturated rings. The van der Waals surface area contributed by atoms with Crippen LogP contribution in [-0.2, 0) is 0 Å². The SMILES string of the molecule is Cc1cc(N)ccc1-c1cccnc1. The minimum Gasteiger partial charge on any atom is -0.399 e. The monoisotopic (exact) mass is 184 g/mol. The maximum Gasteiger partial charge on any atom is 0.0346 e. The molecule has 0 spiro atoms. The Hall–Kier alpha value is -1.83. The largest absolute Gasteiger partial charge is 0.399 e. The highest BCUT2D eigenvalue weighted by Gasteiger charge is 2.00. The lowest BCUT2D eigenvalue weighted by atomic mass is 10.0. The molecular weight excluding hydrogens is 172 g/mol. The van der Waals surface area contributed by atoms with E-state index in [1.165, 1.54) is 11.1 Å². The van der Waals surface area contributed by atoms with E-state index in [1.54, 1.807) is 6.20 Å². The number of hydrogen-bond donors (Lipinski definition) is 1. The fourth-order valence-electron chi connectivity index (χ4n) is 1.53. The molecule has 0 amide bonds. The van der Waals surface area contributed by atoms with Gasteiger partial charge in [0.1, 0.15) is 0 Å². The van der Waals surface area contributed by atoms with Gasteiger partial charge in [-0.15, -0.1) is 0 Å². The fraction of sp³-hybridized carbons (Fsp3) is 0.0833. The van der Waals surface area contributed by atoms with Crippen molar-refractivity contribution in [2.45, 2.75) is 6.92 Å². The number of anilines is 1. The second kappa shape index (κ2) is 3.50. The van der Waals surface area contributed by atoms with Crippen LogP contribution in [0.4, 0.5) is 5.69 Å². The molecule has 0 saturated carbocycles. The molecule has 0 unspecified atom stereocenters. The molecular formula is C12H12N2. The smallest absolute Gasteiger partial charge is 0.0346 e. The van der Waals surface area contributed by atoms with Crippen LogP contribution in [0, 0.1) is 6.92 Å². The maximum atomic E-state index is 5.69. The summed E-state index contributed by atoms with van der Waals surface area (Å²) in [6.45, 7) is 2.05. The first kappa shape index (κ1) is 8.75. The minimum atomic E-state index is 0.801. The molecule has 0 radical (unpaired) electrons. The minimum absolute atomic E-state index is 0.801. The zero-order chi connectivity index (χ0) is 9.97. The van der Waals surface area contributed by atoms with E-state index in [0.29, 0.717) is 0 Å². The fourth-order valence-corrected chi connectivity index (χ4v) is 1.53. The van der Waals surface area contributed by atoms with E-state index >= 15 is 0 Å². The van der Waals surface area contributed by atoms with Crippen molar-refractivity contribution in [1.82, 2.24) is 4.98 Å². The van der Waals surface area contributed by atoms with E-state index in [0.717, 1.165) is 11.3 Å². The number of nitrogens with two attached hydrogens (primary N) is 1. The summed E-state index contributed by atoms with van der Waals surface area (Å²) in [7, 11) is 0. The molecule has 0 aliphatic rings. The van der Waals surface area contributed by atoms with Crippen molar-refractivity contribution in [3.63, 3.8) is 0 Å². The summed E-state index contributed by atoms with van der Waals surface area (Å²) >= 11 is 0. The third kappa shape index (κ3) is 1.59. The van der Waals surface area contributed by atoms with E-state index < -0.39 is 0 Å². The average Bonchev–Trinajstić information content (AvgIpc) is 2.19. The molecule has 2 heteroatoms. The Morgan fingerprint density at radius 2 is 2.07 bits per heavy atom. The predicted octanol–water partition coefficient (Wildman–Crippen LogP) is 2.64. The van der Waals surface area contributed by atoms with Crippen LogP contribution in [0.15, 0.2) is 42.7 Å². The number of aromatic nitrogens is 1. The lowest BCUT2D eigenvalue weighted by molar-refractivity contribution is 1.32. The Morgan fingerprint density at radius 1 is 1.21 bits per heavy atom. The molecule has 0 saturated heterocycles. The van der Waals surface area contributed by atoms with Crippen molar-refractivity contribution < 1.29 is 0 Å². The molecule has 1 aromatic carbocycles. The molecule has 0 bridgehead atoms. The summed E-state index contributed by atoms with van der Waals surface area (Å²) in [6.07, 6.45) is 3.63. The van der Waals surface area contributed by atoms with E-state index in [2.05, 4.69) is 11.9 Å². The lowest BCUT2D eigenvalue weighted by Crippen LogP contribution is -1.88. The van der Waals surface area contributed by atoms with Crippen LogP contribution < -0.4 is 5.73 Å². The molecule has 2 nitrogen and oxygen atoms in total. The van der Waals surface area contributed by atoms with E-state index in [1.807, 2.05) is 36.5 Å². The van der Waals surface area contributed by atoms with Gasteiger partial charge in [-0.25, -0.2) is 0 Å². The molecule has 2 aromatic rings. The first-order chi connectivity index (χ1) is 6.77. The molecule has 14 heavy (non-hydrogen) atoms. The molecule has 1 heterocycles. The molecule has 0 atom stereocenters. The number of hydrogen-bond acceptors (Lipinski definition) is 2. The standard InChI is InChI=1S/C12H12N2/c1-9-7-11(13)4-5-12(9)10-3-2-6-14-8-10/h2-8H,13H2,1H3. The van der Waals surface area contributed by atoms with Crippen molar-refractivity contribution in [2.75, 3.05) is 5.73 Å². The van der Waals surface area contributed by atoms with Gasteiger partial charge in [-0.1, -0.05) is 12.1 Å². The van der Waals surface area contributed by atoms with Crippen molar-refractivity contribution >= 4 is 5.69 Å². The number of nitrogen functional groups attached to an aromatic ring is 1. The summed E-state index contributed by atoms with van der Waals surface area (Å²) in [5.41, 5.74) is 9.99. The molecule has 2 N–H and O–H groups in total. The van der Waals surface area contributed by atoms with Crippen LogP contribution >= 0.6 is 0 Å². The number of rotatable bonds is 1. The first-order valence-electron chi connectivity index (χ1n) is 4.54. The summed E-state index contributed by atoms with van der Waals surface area (Å²) in [5, 5.41) is 0. The van der Waals surface area contributed by atoms with Crippen molar-refractivity contribution in [1.29, 1.82) is 0 Å². The molecule has 1 aromatic heterocycles. The van der Waals surface area contributed by atoms with E-state index in [9.17, 15) is 0 Å². The predicted molar refractivity (Wildman–Crippen MR) is 58.8 cm³/mol. The Bertz CT molecular complexity index is 435. The number of benzene rings is 1. The molecule has 2 rings (SSSR count). The normalized spacial score (nSPS) is 10.1. The highest BCUT2D eigenvalue weighted by atomic mass is 14.6. The van der Waals surface area contributed by atoms with Crippen LogP contribution in [0.25, 0.3) is 11.1 Å². The summed E-state index contributed by atoms with van der Waals surface area (Å²) in [6, 6.07) is 9.90. The van der Waals surface area contributed by atoms with Gasteiger partial charge in [0.25, 0.3) is 0 Å². The lowest BCUT2D eigenvalue weighted by Gasteiger charge is -2.05. The van der Waals surface area contributed by atoms with Crippen LogP contribution in [0.2, 0.25) is 0 Å². The highest BCUT2D eigenvalue weighted by molar-refractivity contribution is 5.68. The zero-order valence-electron chi connectivity index (χ0n) is 8.07. The second-order valence-electron chi connectivity index (χ2n) is 3.32. The maximum absolute atomic E-state index is 5.69. The molecule has 0 aliphatic carbocycles. The van der Waals surface area contributed by atoms with Crippen molar-refractivity contribution in [3.05, 3.63) is 48.3 Å². The molecule has 70 valence electrons.